The van der Waals surface area contributed by atoms with Gasteiger partial charge in [0.1, 0.15) is 12.4 Å². The molecule has 1 unspecified atom stereocenters. The zero-order valence-electron chi connectivity index (χ0n) is 18.5. The van der Waals surface area contributed by atoms with E-state index in [1.54, 1.807) is 10.5 Å². The van der Waals surface area contributed by atoms with Gasteiger partial charge in [-0.1, -0.05) is 42.5 Å². The molecule has 0 N–H and O–H groups in total. The third kappa shape index (κ3) is 5.34. The Morgan fingerprint density at radius 1 is 1.00 bits per heavy atom. The quantitative estimate of drug-likeness (QED) is 0.536. The number of benzene rings is 2. The van der Waals surface area contributed by atoms with Gasteiger partial charge < -0.3 is 4.74 Å². The number of ether oxygens (including phenoxy) is 1. The summed E-state index contributed by atoms with van der Waals surface area (Å²) in [7, 11) is -3.38. The van der Waals surface area contributed by atoms with E-state index in [2.05, 4.69) is 9.97 Å². The fourth-order valence-electron chi connectivity index (χ4n) is 4.08. The van der Waals surface area contributed by atoms with Gasteiger partial charge in [-0.15, -0.1) is 0 Å². The first-order valence-electron chi connectivity index (χ1n) is 11.0. The Bertz CT molecular complexity index is 1130. The summed E-state index contributed by atoms with van der Waals surface area (Å²) in [6.45, 7) is 4.57. The fourth-order valence-corrected chi connectivity index (χ4v) is 6.24. The summed E-state index contributed by atoms with van der Waals surface area (Å²) in [6, 6.07) is 19.3. The van der Waals surface area contributed by atoms with E-state index in [0.717, 1.165) is 23.2 Å². The first-order chi connectivity index (χ1) is 15.4. The van der Waals surface area contributed by atoms with Crippen LogP contribution in [0.3, 0.4) is 0 Å². The molecule has 6 nitrogen and oxygen atoms in total. The maximum atomic E-state index is 13.4. The highest BCUT2D eigenvalue weighted by molar-refractivity contribution is 7.89. The van der Waals surface area contributed by atoms with E-state index < -0.39 is 10.0 Å². The van der Waals surface area contributed by atoms with Crippen molar-refractivity contribution in [2.45, 2.75) is 57.6 Å². The normalized spacial score (nSPS) is 20.7. The molecule has 1 aliphatic rings. The molecule has 0 saturated carbocycles. The zero-order valence-corrected chi connectivity index (χ0v) is 19.3. The van der Waals surface area contributed by atoms with Crippen LogP contribution in [0.25, 0.3) is 0 Å². The molecule has 1 saturated heterocycles. The molecule has 7 heteroatoms. The largest absolute Gasteiger partial charge is 0.486 e. The van der Waals surface area contributed by atoms with Gasteiger partial charge in [-0.2, -0.15) is 4.31 Å². The first-order valence-corrected chi connectivity index (χ1v) is 12.5. The molecule has 0 aliphatic carbocycles. The van der Waals surface area contributed by atoms with E-state index >= 15 is 0 Å². The highest BCUT2D eigenvalue weighted by Crippen LogP contribution is 2.30. The first kappa shape index (κ1) is 22.4. The van der Waals surface area contributed by atoms with Crippen molar-refractivity contribution in [1.82, 2.24) is 14.3 Å². The maximum Gasteiger partial charge on any atom is 0.217 e. The van der Waals surface area contributed by atoms with Crippen molar-refractivity contribution < 1.29 is 13.2 Å². The molecular formula is C25H29N3O3S. The van der Waals surface area contributed by atoms with Gasteiger partial charge >= 0.3 is 0 Å². The molecule has 32 heavy (non-hydrogen) atoms. The lowest BCUT2D eigenvalue weighted by Gasteiger charge is -2.37. The smallest absolute Gasteiger partial charge is 0.217 e. The van der Waals surface area contributed by atoms with Crippen LogP contribution in [0.5, 0.6) is 5.75 Å². The van der Waals surface area contributed by atoms with Crippen molar-refractivity contribution in [1.29, 1.82) is 0 Å². The Kier molecular flexibility index (Phi) is 6.86. The summed E-state index contributed by atoms with van der Waals surface area (Å²) in [5.41, 5.74) is 2.91. The molecule has 2 aromatic carbocycles. The van der Waals surface area contributed by atoms with Crippen LogP contribution in [-0.4, -0.2) is 34.0 Å². The van der Waals surface area contributed by atoms with Crippen LogP contribution in [0.15, 0.2) is 66.9 Å². The minimum absolute atomic E-state index is 0.0126. The van der Waals surface area contributed by atoms with Crippen molar-refractivity contribution in [3.05, 3.63) is 89.5 Å². The highest BCUT2D eigenvalue weighted by Gasteiger charge is 2.39. The molecule has 2 heterocycles. The Labute approximate surface area is 190 Å². The molecular weight excluding hydrogens is 422 g/mol. The van der Waals surface area contributed by atoms with Gasteiger partial charge in [-0.25, -0.2) is 18.4 Å². The Balaban J connectivity index is 1.41. The molecule has 3 aromatic rings. The second-order valence-electron chi connectivity index (χ2n) is 8.38. The number of hydrogen-bond acceptors (Lipinski definition) is 5. The van der Waals surface area contributed by atoms with Crippen molar-refractivity contribution >= 4 is 10.0 Å². The molecule has 0 radical (unpaired) electrons. The van der Waals surface area contributed by atoms with E-state index in [9.17, 15) is 8.42 Å². The molecule has 1 fully saturated rings. The van der Waals surface area contributed by atoms with Crippen molar-refractivity contribution in [3.8, 4) is 5.75 Å². The monoisotopic (exact) mass is 451 g/mol. The molecule has 0 amide bonds. The summed E-state index contributed by atoms with van der Waals surface area (Å²) >= 11 is 0. The predicted molar refractivity (Wildman–Crippen MR) is 125 cm³/mol. The van der Waals surface area contributed by atoms with Crippen LogP contribution in [-0.2, 0) is 29.6 Å². The minimum Gasteiger partial charge on any atom is -0.486 e. The van der Waals surface area contributed by atoms with Crippen LogP contribution in [0.2, 0.25) is 0 Å². The second kappa shape index (κ2) is 9.79. The van der Waals surface area contributed by atoms with Crippen molar-refractivity contribution in [3.63, 3.8) is 0 Å². The molecule has 0 bridgehead atoms. The van der Waals surface area contributed by atoms with Crippen LogP contribution in [0, 0.1) is 6.92 Å². The number of hydrogen-bond donors (Lipinski definition) is 0. The van der Waals surface area contributed by atoms with Crippen molar-refractivity contribution in [2.75, 3.05) is 0 Å². The molecule has 4 rings (SSSR count). The number of aryl methyl sites for hydroxylation is 1. The minimum atomic E-state index is -3.38. The van der Waals surface area contributed by atoms with E-state index in [1.807, 2.05) is 74.5 Å². The molecule has 1 aromatic heterocycles. The van der Waals surface area contributed by atoms with Gasteiger partial charge in [0.25, 0.3) is 0 Å². The predicted octanol–water partition coefficient (Wildman–Crippen LogP) is 4.29. The van der Waals surface area contributed by atoms with Gasteiger partial charge in [-0.3, -0.25) is 0 Å². The highest BCUT2D eigenvalue weighted by atomic mass is 32.2. The van der Waals surface area contributed by atoms with Crippen molar-refractivity contribution in [2.24, 2.45) is 0 Å². The van der Waals surface area contributed by atoms with Gasteiger partial charge in [0.15, 0.2) is 5.82 Å². The maximum absolute atomic E-state index is 13.4. The molecule has 2 atom stereocenters. The number of sulfonamides is 1. The Hall–Kier alpha value is -2.77. The Morgan fingerprint density at radius 3 is 2.47 bits per heavy atom. The lowest BCUT2D eigenvalue weighted by molar-refractivity contribution is 0.280. The Morgan fingerprint density at radius 2 is 1.75 bits per heavy atom. The molecule has 0 spiro atoms. The fraction of sp³-hybridized carbons (Fsp3) is 0.360. The standard InChI is InChI=1S/C25H29N3O3S/c1-19-14-15-26-25(27-19)18-31-23-11-9-22(10-12-23)17-28-20(2)8-13-24(32(28,29)30)16-21-6-4-3-5-7-21/h3-7,9-12,14-15,20,24H,8,13,16-18H2,1-2H3/t20-,24?/m0/s1. The lowest BCUT2D eigenvalue weighted by Crippen LogP contribution is -2.48. The molecule has 1 aliphatic heterocycles. The number of nitrogens with zero attached hydrogens (tertiary/aromatic N) is 3. The summed E-state index contributed by atoms with van der Waals surface area (Å²) in [6.07, 6.45) is 3.84. The zero-order chi connectivity index (χ0) is 22.6. The number of aromatic nitrogens is 2. The van der Waals surface area contributed by atoms with Gasteiger partial charge in [0, 0.05) is 24.5 Å². The average Bonchev–Trinajstić information content (AvgIpc) is 2.79. The van der Waals surface area contributed by atoms with Crippen LogP contribution in [0.4, 0.5) is 0 Å². The SMILES string of the molecule is Cc1ccnc(COc2ccc(CN3[C@@H](C)CCC(Cc4ccccc4)S3(=O)=O)cc2)n1. The molecule has 168 valence electrons. The van der Waals surface area contributed by atoms with E-state index in [4.69, 9.17) is 4.74 Å². The van der Waals surface area contributed by atoms with Gasteiger partial charge in [0.2, 0.25) is 10.0 Å². The number of rotatable bonds is 7. The van der Waals surface area contributed by atoms with E-state index in [-0.39, 0.29) is 11.3 Å². The third-order valence-electron chi connectivity index (χ3n) is 5.93. The summed E-state index contributed by atoms with van der Waals surface area (Å²) in [4.78, 5) is 8.54. The van der Waals surface area contributed by atoms with Gasteiger partial charge in [-0.05, 0) is 62.4 Å². The van der Waals surface area contributed by atoms with Gasteiger partial charge in [0.05, 0.1) is 5.25 Å². The van der Waals surface area contributed by atoms with Crippen LogP contribution in [0.1, 0.15) is 42.4 Å². The third-order valence-corrected chi connectivity index (χ3v) is 8.31. The summed E-state index contributed by atoms with van der Waals surface area (Å²) in [5.74, 6) is 1.34. The van der Waals surface area contributed by atoms with E-state index in [1.165, 1.54) is 0 Å². The summed E-state index contributed by atoms with van der Waals surface area (Å²) in [5, 5.41) is -0.377. The lowest BCUT2D eigenvalue weighted by atomic mass is 10.0. The van der Waals surface area contributed by atoms with Crippen LogP contribution >= 0.6 is 0 Å². The summed E-state index contributed by atoms with van der Waals surface area (Å²) < 4.78 is 34.2. The van der Waals surface area contributed by atoms with E-state index in [0.29, 0.717) is 37.6 Å². The second-order valence-corrected chi connectivity index (χ2v) is 10.5. The van der Waals surface area contributed by atoms with Crippen LogP contribution < -0.4 is 4.74 Å². The topological polar surface area (TPSA) is 72.4 Å². The average molecular weight is 452 g/mol.